The van der Waals surface area contributed by atoms with Crippen molar-refractivity contribution in [3.8, 4) is 0 Å². The molecule has 25 heavy (non-hydrogen) atoms. The van der Waals surface area contributed by atoms with Crippen LogP contribution in [0.25, 0.3) is 5.70 Å². The summed E-state index contributed by atoms with van der Waals surface area (Å²) in [6.45, 7) is 5.45. The summed E-state index contributed by atoms with van der Waals surface area (Å²) >= 11 is 0. The van der Waals surface area contributed by atoms with Crippen LogP contribution in [-0.2, 0) is 19.1 Å². The Morgan fingerprint density at radius 3 is 2.56 bits per heavy atom. The van der Waals surface area contributed by atoms with Gasteiger partial charge in [-0.1, -0.05) is 0 Å². The Kier molecular flexibility index (Phi) is 5.32. The van der Waals surface area contributed by atoms with E-state index in [0.717, 1.165) is 6.07 Å². The average molecular weight is 352 g/mol. The lowest BCUT2D eigenvalue weighted by Gasteiger charge is -2.26. The van der Waals surface area contributed by atoms with Crippen molar-refractivity contribution in [2.24, 2.45) is 0 Å². The lowest BCUT2D eigenvalue weighted by Crippen LogP contribution is -2.30. The molecular formula is C17H21FN2O5. The molecule has 0 fully saturated rings. The molecule has 1 heterocycles. The fourth-order valence-electron chi connectivity index (χ4n) is 2.28. The first-order valence-corrected chi connectivity index (χ1v) is 7.66. The Balaban J connectivity index is 2.57. The number of nitrogens with one attached hydrogen (secondary N) is 1. The van der Waals surface area contributed by atoms with E-state index in [4.69, 9.17) is 15.3 Å². The second-order valence-corrected chi connectivity index (χ2v) is 6.47. The molecule has 1 aromatic rings. The Bertz CT molecular complexity index is 737. The Morgan fingerprint density at radius 1 is 1.28 bits per heavy atom. The van der Waals surface area contributed by atoms with Gasteiger partial charge in [-0.2, -0.15) is 0 Å². The van der Waals surface area contributed by atoms with Crippen LogP contribution in [0.3, 0.4) is 0 Å². The van der Waals surface area contributed by atoms with Gasteiger partial charge in [-0.3, -0.25) is 10.3 Å². The van der Waals surface area contributed by atoms with E-state index in [1.807, 2.05) is 0 Å². The summed E-state index contributed by atoms with van der Waals surface area (Å²) in [4.78, 5) is 29.4. The summed E-state index contributed by atoms with van der Waals surface area (Å²) < 4.78 is 24.1. The molecule has 0 saturated carbocycles. The lowest BCUT2D eigenvalue weighted by atomic mass is 9.99. The Labute approximate surface area is 144 Å². The van der Waals surface area contributed by atoms with Crippen molar-refractivity contribution < 1.29 is 28.3 Å². The maximum Gasteiger partial charge on any atom is 0.337 e. The molecule has 1 aromatic carbocycles. The second-order valence-electron chi connectivity index (χ2n) is 6.47. The minimum atomic E-state index is -0.804. The molecule has 3 N–H and O–H groups in total. The number of anilines is 1. The fraction of sp³-hybridized carbons (Fsp3) is 0.412. The van der Waals surface area contributed by atoms with Gasteiger partial charge in [0, 0.05) is 12.0 Å². The first-order valence-electron chi connectivity index (χ1n) is 7.66. The van der Waals surface area contributed by atoms with Gasteiger partial charge >= 0.3 is 11.9 Å². The van der Waals surface area contributed by atoms with Crippen molar-refractivity contribution >= 4 is 23.3 Å². The number of rotatable bonds is 3. The molecule has 0 unspecified atom stereocenters. The van der Waals surface area contributed by atoms with Gasteiger partial charge in [0.2, 0.25) is 0 Å². The van der Waals surface area contributed by atoms with Crippen molar-refractivity contribution in [2.75, 3.05) is 19.5 Å². The lowest BCUT2D eigenvalue weighted by molar-refractivity contribution is -0.150. The zero-order valence-electron chi connectivity index (χ0n) is 14.6. The molecule has 0 aliphatic carbocycles. The molecule has 0 radical (unpaired) electrons. The normalized spacial score (nSPS) is 14.8. The van der Waals surface area contributed by atoms with Crippen molar-refractivity contribution in [2.45, 2.75) is 32.8 Å². The predicted octanol–water partition coefficient (Wildman–Crippen LogP) is 2.17. The summed E-state index contributed by atoms with van der Waals surface area (Å²) in [6.07, 6.45) is 0.251. The highest BCUT2D eigenvalue weighted by Gasteiger charge is 2.28. The molecule has 1 aliphatic heterocycles. The third-order valence-electron chi connectivity index (χ3n) is 3.40. The quantitative estimate of drug-likeness (QED) is 0.635. The number of carbonyl (C=O) groups is 2. The maximum atomic E-state index is 14.2. The number of hydrogen-bond acceptors (Lipinski definition) is 7. The van der Waals surface area contributed by atoms with E-state index < -0.39 is 23.4 Å². The standard InChI is InChI=1S/C17H21FN2O5/c1-17(2,3)25-16(22)10-5-6-24-20-14(10)11-7-9(15(21)23-4)8-12(18)13(11)19/h7-8,20H,5-6,19H2,1-4H3. The maximum absolute atomic E-state index is 14.2. The van der Waals surface area contributed by atoms with E-state index in [9.17, 15) is 14.0 Å². The number of halogens is 1. The number of benzene rings is 1. The van der Waals surface area contributed by atoms with Crippen LogP contribution in [0.1, 0.15) is 43.1 Å². The van der Waals surface area contributed by atoms with Gasteiger partial charge in [0.25, 0.3) is 0 Å². The van der Waals surface area contributed by atoms with E-state index in [2.05, 4.69) is 10.2 Å². The molecule has 2 rings (SSSR count). The van der Waals surface area contributed by atoms with Crippen molar-refractivity contribution in [1.82, 2.24) is 5.48 Å². The highest BCUT2D eigenvalue weighted by molar-refractivity contribution is 6.00. The van der Waals surface area contributed by atoms with Gasteiger partial charge in [0.1, 0.15) is 11.4 Å². The average Bonchev–Trinajstić information content (AvgIpc) is 2.55. The van der Waals surface area contributed by atoms with Crippen LogP contribution in [0.15, 0.2) is 17.7 Å². The van der Waals surface area contributed by atoms with Crippen LogP contribution in [0.5, 0.6) is 0 Å². The minimum Gasteiger partial charge on any atom is -0.465 e. The first-order chi connectivity index (χ1) is 11.6. The van der Waals surface area contributed by atoms with Gasteiger partial charge in [0.15, 0.2) is 0 Å². The Morgan fingerprint density at radius 2 is 1.96 bits per heavy atom. The van der Waals surface area contributed by atoms with Gasteiger partial charge in [0.05, 0.1) is 36.2 Å². The number of hydroxylamine groups is 1. The first kappa shape index (κ1) is 18.7. The van der Waals surface area contributed by atoms with Crippen molar-refractivity contribution in [1.29, 1.82) is 0 Å². The van der Waals surface area contributed by atoms with Gasteiger partial charge in [-0.25, -0.2) is 14.0 Å². The van der Waals surface area contributed by atoms with Gasteiger partial charge in [-0.05, 0) is 32.9 Å². The zero-order valence-corrected chi connectivity index (χ0v) is 14.6. The molecule has 8 heteroatoms. The van der Waals surface area contributed by atoms with Gasteiger partial charge in [-0.15, -0.1) is 0 Å². The van der Waals surface area contributed by atoms with E-state index in [-0.39, 0.29) is 41.1 Å². The number of carbonyl (C=O) groups excluding carboxylic acids is 2. The molecular weight excluding hydrogens is 331 g/mol. The molecule has 7 nitrogen and oxygen atoms in total. The zero-order chi connectivity index (χ0) is 18.8. The van der Waals surface area contributed by atoms with Gasteiger partial charge < -0.3 is 15.2 Å². The molecule has 136 valence electrons. The van der Waals surface area contributed by atoms with Crippen LogP contribution in [0.4, 0.5) is 10.1 Å². The van der Waals surface area contributed by atoms with E-state index in [1.54, 1.807) is 20.8 Å². The van der Waals surface area contributed by atoms with Crippen molar-refractivity contribution in [3.63, 3.8) is 0 Å². The fourth-order valence-corrected chi connectivity index (χ4v) is 2.28. The minimum absolute atomic E-state index is 0.0346. The smallest absolute Gasteiger partial charge is 0.337 e. The summed E-state index contributed by atoms with van der Waals surface area (Å²) in [6, 6.07) is 2.31. The molecule has 0 amide bonds. The predicted molar refractivity (Wildman–Crippen MR) is 88.6 cm³/mol. The van der Waals surface area contributed by atoms with E-state index >= 15 is 0 Å². The summed E-state index contributed by atoms with van der Waals surface area (Å²) in [5.74, 6) is -2.10. The van der Waals surface area contributed by atoms with Crippen LogP contribution in [0.2, 0.25) is 0 Å². The highest BCUT2D eigenvalue weighted by Crippen LogP contribution is 2.31. The van der Waals surface area contributed by atoms with Crippen molar-refractivity contribution in [3.05, 3.63) is 34.6 Å². The molecule has 0 saturated heterocycles. The SMILES string of the molecule is COC(=O)c1cc(F)c(N)c(C2=C(C(=O)OC(C)(C)C)CCON2)c1. The molecule has 0 spiro atoms. The number of nitrogens with two attached hydrogens (primary N) is 1. The summed E-state index contributed by atoms with van der Waals surface area (Å²) in [5, 5.41) is 0. The summed E-state index contributed by atoms with van der Waals surface area (Å²) in [7, 11) is 1.18. The third-order valence-corrected chi connectivity index (χ3v) is 3.40. The topological polar surface area (TPSA) is 99.9 Å². The van der Waals surface area contributed by atoms with Crippen LogP contribution in [-0.4, -0.2) is 31.3 Å². The number of nitrogen functional groups attached to an aromatic ring is 1. The Hall–Kier alpha value is -2.61. The molecule has 1 aliphatic rings. The number of methoxy groups -OCH3 is 1. The van der Waals surface area contributed by atoms with Crippen LogP contribution in [0, 0.1) is 5.82 Å². The van der Waals surface area contributed by atoms with E-state index in [1.165, 1.54) is 13.2 Å². The molecule has 0 aromatic heterocycles. The summed E-state index contributed by atoms with van der Waals surface area (Å²) in [5.41, 5.74) is 7.99. The second kappa shape index (κ2) is 7.10. The molecule has 0 atom stereocenters. The largest absolute Gasteiger partial charge is 0.465 e. The van der Waals surface area contributed by atoms with E-state index in [0.29, 0.717) is 0 Å². The third kappa shape index (κ3) is 4.27. The molecule has 0 bridgehead atoms. The van der Waals surface area contributed by atoms with Crippen LogP contribution >= 0.6 is 0 Å². The number of ether oxygens (including phenoxy) is 2. The number of hydrogen-bond donors (Lipinski definition) is 2. The highest BCUT2D eigenvalue weighted by atomic mass is 19.1. The monoisotopic (exact) mass is 352 g/mol. The number of esters is 2. The van der Waals surface area contributed by atoms with Crippen LogP contribution < -0.4 is 11.2 Å².